The fourth-order valence-corrected chi connectivity index (χ4v) is 3.17. The van der Waals surface area contributed by atoms with Crippen molar-refractivity contribution in [2.24, 2.45) is 0 Å². The van der Waals surface area contributed by atoms with Crippen molar-refractivity contribution in [3.05, 3.63) is 11.7 Å². The van der Waals surface area contributed by atoms with Crippen molar-refractivity contribution in [3.63, 3.8) is 0 Å². The van der Waals surface area contributed by atoms with E-state index in [1.54, 1.807) is 0 Å². The fraction of sp³-hybridized carbons (Fsp3) is 0.786. The van der Waals surface area contributed by atoms with Crippen LogP contribution < -0.4 is 0 Å². The van der Waals surface area contributed by atoms with Crippen LogP contribution in [0.15, 0.2) is 4.52 Å². The van der Waals surface area contributed by atoms with Gasteiger partial charge in [-0.2, -0.15) is 4.98 Å². The Balaban J connectivity index is 1.74. The number of rotatable bonds is 2. The van der Waals surface area contributed by atoms with E-state index in [-0.39, 0.29) is 11.7 Å². The smallest absolute Gasteiger partial charge is 0.237 e. The van der Waals surface area contributed by atoms with Crippen molar-refractivity contribution in [1.82, 2.24) is 10.1 Å². The van der Waals surface area contributed by atoms with Crippen LogP contribution in [0.2, 0.25) is 0 Å². The normalized spacial score (nSPS) is 26.4. The molecule has 98 valence electrons. The van der Waals surface area contributed by atoms with Crippen molar-refractivity contribution < 1.29 is 9.32 Å². The van der Waals surface area contributed by atoms with Crippen molar-refractivity contribution in [2.75, 3.05) is 0 Å². The lowest BCUT2D eigenvalue weighted by Gasteiger charge is -2.07. The molecule has 2 aliphatic carbocycles. The molecule has 3 rings (SSSR count). The summed E-state index contributed by atoms with van der Waals surface area (Å²) in [4.78, 5) is 16.2. The van der Waals surface area contributed by atoms with E-state index in [4.69, 9.17) is 4.52 Å². The molecule has 0 spiro atoms. The molecule has 18 heavy (non-hydrogen) atoms. The lowest BCUT2D eigenvalue weighted by atomic mass is 10.00. The summed E-state index contributed by atoms with van der Waals surface area (Å²) in [5, 5.41) is 4.12. The summed E-state index contributed by atoms with van der Waals surface area (Å²) in [5.74, 6) is 2.01. The first-order valence-electron chi connectivity index (χ1n) is 7.21. The predicted molar refractivity (Wildman–Crippen MR) is 66.3 cm³/mol. The molecule has 0 aliphatic heterocycles. The third-order valence-corrected chi connectivity index (χ3v) is 4.28. The van der Waals surface area contributed by atoms with Gasteiger partial charge in [-0.25, -0.2) is 0 Å². The van der Waals surface area contributed by atoms with Crippen LogP contribution in [0.1, 0.15) is 81.3 Å². The van der Waals surface area contributed by atoms with Crippen LogP contribution in [0.3, 0.4) is 0 Å². The standard InChI is InChI=1S/C14H20N2O2/c17-12-9-5-8-11(12)14-15-13(16-18-14)10-6-3-1-2-4-7-10/h10-11H,1-9H2. The largest absolute Gasteiger partial charge is 0.339 e. The van der Waals surface area contributed by atoms with Crippen LogP contribution in [-0.4, -0.2) is 15.9 Å². The van der Waals surface area contributed by atoms with Gasteiger partial charge in [-0.3, -0.25) is 4.79 Å². The highest BCUT2D eigenvalue weighted by Crippen LogP contribution is 2.33. The van der Waals surface area contributed by atoms with E-state index in [0.29, 0.717) is 18.2 Å². The van der Waals surface area contributed by atoms with Crippen molar-refractivity contribution in [3.8, 4) is 0 Å². The monoisotopic (exact) mass is 248 g/mol. The van der Waals surface area contributed by atoms with Crippen molar-refractivity contribution in [1.29, 1.82) is 0 Å². The van der Waals surface area contributed by atoms with Gasteiger partial charge in [-0.05, 0) is 25.7 Å². The molecule has 4 nitrogen and oxygen atoms in total. The van der Waals surface area contributed by atoms with Crippen LogP contribution in [-0.2, 0) is 4.79 Å². The van der Waals surface area contributed by atoms with Gasteiger partial charge in [0.25, 0.3) is 0 Å². The quantitative estimate of drug-likeness (QED) is 0.753. The number of Topliss-reactive ketones (excluding diaryl/α,β-unsaturated/α-hetero) is 1. The average Bonchev–Trinajstić information content (AvgIpc) is 2.91. The molecule has 1 aromatic heterocycles. The van der Waals surface area contributed by atoms with Gasteiger partial charge in [0.2, 0.25) is 5.89 Å². The van der Waals surface area contributed by atoms with Gasteiger partial charge in [-0.15, -0.1) is 0 Å². The van der Waals surface area contributed by atoms with Crippen LogP contribution in [0.4, 0.5) is 0 Å². The summed E-state index contributed by atoms with van der Waals surface area (Å²) in [6.45, 7) is 0. The summed E-state index contributed by atoms with van der Waals surface area (Å²) < 4.78 is 5.33. The zero-order chi connectivity index (χ0) is 12.4. The second kappa shape index (κ2) is 5.21. The molecule has 0 saturated heterocycles. The second-order valence-electron chi connectivity index (χ2n) is 5.59. The molecule has 0 aromatic carbocycles. The Hall–Kier alpha value is -1.19. The van der Waals surface area contributed by atoms with E-state index in [0.717, 1.165) is 31.5 Å². The van der Waals surface area contributed by atoms with E-state index in [1.165, 1.54) is 25.7 Å². The molecule has 0 N–H and O–H groups in total. The summed E-state index contributed by atoms with van der Waals surface area (Å²) in [5.41, 5.74) is 0. The molecular weight excluding hydrogens is 228 g/mol. The molecule has 1 unspecified atom stereocenters. The molecule has 2 aliphatic rings. The van der Waals surface area contributed by atoms with Crippen LogP contribution in [0, 0.1) is 0 Å². The molecule has 4 heteroatoms. The average molecular weight is 248 g/mol. The number of hydrogen-bond donors (Lipinski definition) is 0. The topological polar surface area (TPSA) is 56.0 Å². The number of carbonyl (C=O) groups excluding carboxylic acids is 1. The molecule has 2 fully saturated rings. The van der Waals surface area contributed by atoms with Gasteiger partial charge >= 0.3 is 0 Å². The van der Waals surface area contributed by atoms with E-state index >= 15 is 0 Å². The Labute approximate surface area is 107 Å². The van der Waals surface area contributed by atoms with Gasteiger partial charge in [-0.1, -0.05) is 30.8 Å². The molecular formula is C14H20N2O2. The number of carbonyl (C=O) groups is 1. The van der Waals surface area contributed by atoms with E-state index in [1.807, 2.05) is 0 Å². The molecule has 2 saturated carbocycles. The highest BCUT2D eigenvalue weighted by Gasteiger charge is 2.31. The SMILES string of the molecule is O=C1CCCC1c1nc(C2CCCCCC2)no1. The second-order valence-corrected chi connectivity index (χ2v) is 5.59. The minimum atomic E-state index is -0.114. The third kappa shape index (κ3) is 2.33. The van der Waals surface area contributed by atoms with Gasteiger partial charge in [0.05, 0.1) is 5.92 Å². The summed E-state index contributed by atoms with van der Waals surface area (Å²) in [6.07, 6.45) is 10.0. The Morgan fingerprint density at radius 3 is 2.44 bits per heavy atom. The molecule has 0 bridgehead atoms. The fourth-order valence-electron chi connectivity index (χ4n) is 3.17. The number of aromatic nitrogens is 2. The van der Waals surface area contributed by atoms with Crippen LogP contribution >= 0.6 is 0 Å². The lowest BCUT2D eigenvalue weighted by molar-refractivity contribution is -0.119. The van der Waals surface area contributed by atoms with E-state index in [9.17, 15) is 4.79 Å². The molecule has 0 radical (unpaired) electrons. The molecule has 0 amide bonds. The van der Waals surface area contributed by atoms with Crippen LogP contribution in [0.25, 0.3) is 0 Å². The predicted octanol–water partition coefficient (Wildman–Crippen LogP) is 3.34. The van der Waals surface area contributed by atoms with Crippen molar-refractivity contribution in [2.45, 2.75) is 69.6 Å². The minimum Gasteiger partial charge on any atom is -0.339 e. The number of ketones is 1. The lowest BCUT2D eigenvalue weighted by Crippen LogP contribution is -2.05. The molecule has 1 heterocycles. The first-order chi connectivity index (χ1) is 8.84. The Kier molecular flexibility index (Phi) is 3.43. The maximum Gasteiger partial charge on any atom is 0.237 e. The zero-order valence-corrected chi connectivity index (χ0v) is 10.7. The highest BCUT2D eigenvalue weighted by atomic mass is 16.5. The maximum absolute atomic E-state index is 11.7. The minimum absolute atomic E-state index is 0.114. The van der Waals surface area contributed by atoms with Gasteiger partial charge < -0.3 is 4.52 Å². The van der Waals surface area contributed by atoms with Gasteiger partial charge in [0.15, 0.2) is 5.82 Å². The Bertz CT molecular complexity index is 419. The summed E-state index contributed by atoms with van der Waals surface area (Å²) in [7, 11) is 0. The highest BCUT2D eigenvalue weighted by molar-refractivity contribution is 5.86. The van der Waals surface area contributed by atoms with Gasteiger partial charge in [0, 0.05) is 12.3 Å². The van der Waals surface area contributed by atoms with Gasteiger partial charge in [0.1, 0.15) is 5.78 Å². The summed E-state index contributed by atoms with van der Waals surface area (Å²) in [6, 6.07) is 0. The Morgan fingerprint density at radius 2 is 1.78 bits per heavy atom. The van der Waals surface area contributed by atoms with E-state index in [2.05, 4.69) is 10.1 Å². The zero-order valence-electron chi connectivity index (χ0n) is 10.7. The first kappa shape index (κ1) is 11.9. The van der Waals surface area contributed by atoms with Crippen molar-refractivity contribution >= 4 is 5.78 Å². The van der Waals surface area contributed by atoms with E-state index < -0.39 is 0 Å². The number of hydrogen-bond acceptors (Lipinski definition) is 4. The molecule has 1 aromatic rings. The maximum atomic E-state index is 11.7. The molecule has 1 atom stereocenters. The number of nitrogens with zero attached hydrogens (tertiary/aromatic N) is 2. The first-order valence-corrected chi connectivity index (χ1v) is 7.21. The third-order valence-electron chi connectivity index (χ3n) is 4.28. The van der Waals surface area contributed by atoms with Crippen LogP contribution in [0.5, 0.6) is 0 Å². The summed E-state index contributed by atoms with van der Waals surface area (Å²) >= 11 is 0. The Morgan fingerprint density at radius 1 is 1.00 bits per heavy atom.